The van der Waals surface area contributed by atoms with Crippen molar-refractivity contribution in [1.82, 2.24) is 14.8 Å². The average molecular weight is 390 g/mol. The number of pyridine rings is 1. The molecule has 4 rings (SSSR count). The van der Waals surface area contributed by atoms with Crippen molar-refractivity contribution < 1.29 is 4.79 Å². The van der Waals surface area contributed by atoms with Gasteiger partial charge in [-0.1, -0.05) is 24.3 Å². The molecule has 1 amide bonds. The predicted octanol–water partition coefficient (Wildman–Crippen LogP) is 2.46. The Balaban J connectivity index is 1.64. The smallest absolute Gasteiger partial charge is 0.237 e. The Labute approximate surface area is 172 Å². The number of benzene rings is 1. The van der Waals surface area contributed by atoms with Gasteiger partial charge in [-0.3, -0.25) is 4.79 Å². The number of nitriles is 1. The van der Waals surface area contributed by atoms with Crippen molar-refractivity contribution in [3.05, 3.63) is 59.3 Å². The molecule has 2 fully saturated rings. The number of amides is 1. The van der Waals surface area contributed by atoms with Crippen molar-refractivity contribution in [3.63, 3.8) is 0 Å². The van der Waals surface area contributed by atoms with Crippen LogP contribution >= 0.6 is 0 Å². The van der Waals surface area contributed by atoms with E-state index in [0.29, 0.717) is 23.9 Å². The van der Waals surface area contributed by atoms with E-state index in [1.54, 1.807) is 12.3 Å². The minimum absolute atomic E-state index is 0.0813. The normalized spacial score (nSPS) is 23.3. The summed E-state index contributed by atoms with van der Waals surface area (Å²) in [6.07, 6.45) is 1.70. The van der Waals surface area contributed by atoms with Gasteiger partial charge >= 0.3 is 0 Å². The Morgan fingerprint density at radius 2 is 2.03 bits per heavy atom. The molecular weight excluding hydrogens is 362 g/mol. The molecule has 2 aliphatic rings. The van der Waals surface area contributed by atoms with E-state index in [-0.39, 0.29) is 11.9 Å². The van der Waals surface area contributed by atoms with Crippen LogP contribution < -0.4 is 4.90 Å². The summed E-state index contributed by atoms with van der Waals surface area (Å²) in [6.45, 7) is 5.03. The maximum absolute atomic E-state index is 13.0. The second-order valence-corrected chi connectivity index (χ2v) is 8.43. The molecule has 2 aliphatic heterocycles. The number of hydrogen-bond donors (Lipinski definition) is 0. The van der Waals surface area contributed by atoms with Crippen LogP contribution in [0.5, 0.6) is 0 Å². The lowest BCUT2D eigenvalue weighted by Crippen LogP contribution is -2.40. The first-order valence-electron chi connectivity index (χ1n) is 10.1. The summed E-state index contributed by atoms with van der Waals surface area (Å²) in [5.74, 6) is 1.80. The number of likely N-dealkylation sites (N-methyl/N-ethyl adjacent to an activating group) is 1. The molecule has 1 aromatic carbocycles. The number of fused-ring (bicyclic) bond motifs is 1. The first kappa shape index (κ1) is 19.4. The zero-order valence-electron chi connectivity index (χ0n) is 17.2. The Hall–Kier alpha value is -2.91. The molecule has 0 aliphatic carbocycles. The Kier molecular flexibility index (Phi) is 5.25. The number of rotatable bonds is 4. The van der Waals surface area contributed by atoms with E-state index in [4.69, 9.17) is 0 Å². The molecule has 1 aromatic heterocycles. The number of anilines is 1. The number of nitrogens with zero attached hydrogens (tertiary/aromatic N) is 5. The Bertz CT molecular complexity index is 950. The number of carbonyl (C=O) groups excluding carboxylic acids is 1. The molecule has 0 spiro atoms. The lowest BCUT2D eigenvalue weighted by Gasteiger charge is -2.32. The quantitative estimate of drug-likeness (QED) is 0.804. The van der Waals surface area contributed by atoms with E-state index in [9.17, 15) is 10.1 Å². The van der Waals surface area contributed by atoms with Crippen LogP contribution in [0, 0.1) is 30.1 Å². The molecule has 0 N–H and O–H groups in total. The molecule has 3 atom stereocenters. The molecule has 0 unspecified atom stereocenters. The summed E-state index contributed by atoms with van der Waals surface area (Å²) in [5.41, 5.74) is 3.10. The monoisotopic (exact) mass is 389 g/mol. The second kappa shape index (κ2) is 7.84. The molecule has 0 bridgehead atoms. The average Bonchev–Trinajstić information content (AvgIpc) is 3.26. The number of likely N-dealkylation sites (tertiary alicyclic amines) is 1. The molecular formula is C23H27N5O. The van der Waals surface area contributed by atoms with Crippen LogP contribution in [-0.2, 0) is 4.79 Å². The van der Waals surface area contributed by atoms with E-state index in [1.165, 1.54) is 11.1 Å². The Morgan fingerprint density at radius 3 is 2.76 bits per heavy atom. The van der Waals surface area contributed by atoms with Crippen molar-refractivity contribution in [3.8, 4) is 6.07 Å². The van der Waals surface area contributed by atoms with Gasteiger partial charge in [0.15, 0.2) is 0 Å². The van der Waals surface area contributed by atoms with E-state index < -0.39 is 0 Å². The lowest BCUT2D eigenvalue weighted by atomic mass is 9.87. The topological polar surface area (TPSA) is 63.5 Å². The van der Waals surface area contributed by atoms with Crippen LogP contribution in [0.4, 0.5) is 5.82 Å². The van der Waals surface area contributed by atoms with Crippen molar-refractivity contribution in [1.29, 1.82) is 5.26 Å². The number of carbonyl (C=O) groups is 1. The van der Waals surface area contributed by atoms with E-state index in [1.807, 2.05) is 25.1 Å². The summed E-state index contributed by atoms with van der Waals surface area (Å²) in [5, 5.41) is 9.21. The molecule has 0 radical (unpaired) electrons. The van der Waals surface area contributed by atoms with Gasteiger partial charge < -0.3 is 14.7 Å². The van der Waals surface area contributed by atoms with Gasteiger partial charge in [0, 0.05) is 37.7 Å². The highest BCUT2D eigenvalue weighted by atomic mass is 16.2. The number of hydrogen-bond acceptors (Lipinski definition) is 5. The molecule has 6 heteroatoms. The highest BCUT2D eigenvalue weighted by molar-refractivity contribution is 5.79. The minimum Gasteiger partial charge on any atom is -0.356 e. The fourth-order valence-electron chi connectivity index (χ4n) is 4.83. The van der Waals surface area contributed by atoms with Gasteiger partial charge in [-0.15, -0.1) is 0 Å². The van der Waals surface area contributed by atoms with Crippen molar-refractivity contribution >= 4 is 11.7 Å². The Morgan fingerprint density at radius 1 is 1.24 bits per heavy atom. The second-order valence-electron chi connectivity index (χ2n) is 8.43. The van der Waals surface area contributed by atoms with Gasteiger partial charge in [0.1, 0.15) is 5.82 Å². The van der Waals surface area contributed by atoms with E-state index in [2.05, 4.69) is 52.0 Å². The van der Waals surface area contributed by atoms with Crippen LogP contribution in [-0.4, -0.2) is 61.0 Å². The molecule has 150 valence electrons. The first-order chi connectivity index (χ1) is 14.0. The van der Waals surface area contributed by atoms with Crippen molar-refractivity contribution in [2.45, 2.75) is 13.0 Å². The van der Waals surface area contributed by atoms with Gasteiger partial charge in [0.05, 0.1) is 24.2 Å². The van der Waals surface area contributed by atoms with Crippen molar-refractivity contribution in [2.24, 2.45) is 11.8 Å². The molecule has 6 nitrogen and oxygen atoms in total. The number of aryl methyl sites for hydroxylation is 1. The van der Waals surface area contributed by atoms with Crippen LogP contribution in [0.1, 0.15) is 22.7 Å². The third kappa shape index (κ3) is 3.70. The van der Waals surface area contributed by atoms with Gasteiger partial charge in [-0.2, -0.15) is 5.26 Å². The third-order valence-corrected chi connectivity index (χ3v) is 6.14. The first-order valence-corrected chi connectivity index (χ1v) is 10.1. The zero-order chi connectivity index (χ0) is 20.5. The fourth-order valence-corrected chi connectivity index (χ4v) is 4.83. The highest BCUT2D eigenvalue weighted by Crippen LogP contribution is 2.46. The summed E-state index contributed by atoms with van der Waals surface area (Å²) < 4.78 is 0. The molecule has 29 heavy (non-hydrogen) atoms. The zero-order valence-corrected chi connectivity index (χ0v) is 17.2. The van der Waals surface area contributed by atoms with Crippen molar-refractivity contribution in [2.75, 3.05) is 45.2 Å². The standard InChI is InChI=1S/C23H27N5O/c1-16-6-4-5-7-19(16)23-20-14-27(21-10-17(11-24)8-9-25-21)12-18(20)13-28(23)22(29)15-26(2)3/h4-10,18,20,23H,12-15H2,1-3H3/t18-,20-,23+/m1/s1. The van der Waals surface area contributed by atoms with Gasteiger partial charge in [-0.25, -0.2) is 4.98 Å². The lowest BCUT2D eigenvalue weighted by molar-refractivity contribution is -0.133. The van der Waals surface area contributed by atoms with E-state index >= 15 is 0 Å². The molecule has 2 aromatic rings. The molecule has 0 saturated carbocycles. The van der Waals surface area contributed by atoms with E-state index in [0.717, 1.165) is 25.5 Å². The van der Waals surface area contributed by atoms with Gasteiger partial charge in [0.25, 0.3) is 0 Å². The van der Waals surface area contributed by atoms with Crippen LogP contribution in [0.25, 0.3) is 0 Å². The number of aromatic nitrogens is 1. The molecule has 2 saturated heterocycles. The van der Waals surface area contributed by atoms with Crippen LogP contribution in [0.2, 0.25) is 0 Å². The maximum atomic E-state index is 13.0. The largest absolute Gasteiger partial charge is 0.356 e. The predicted molar refractivity (Wildman–Crippen MR) is 112 cm³/mol. The fraction of sp³-hybridized carbons (Fsp3) is 0.435. The SMILES string of the molecule is Cc1ccccc1[C@H]1[C@@H]2CN(c3cc(C#N)ccn3)C[C@@H]2CN1C(=O)CN(C)C. The minimum atomic E-state index is 0.0813. The third-order valence-electron chi connectivity index (χ3n) is 6.14. The summed E-state index contributed by atoms with van der Waals surface area (Å²) in [4.78, 5) is 23.8. The summed E-state index contributed by atoms with van der Waals surface area (Å²) >= 11 is 0. The van der Waals surface area contributed by atoms with Gasteiger partial charge in [0.2, 0.25) is 5.91 Å². The van der Waals surface area contributed by atoms with Crippen LogP contribution in [0.3, 0.4) is 0 Å². The van der Waals surface area contributed by atoms with Crippen LogP contribution in [0.15, 0.2) is 42.6 Å². The highest BCUT2D eigenvalue weighted by Gasteiger charge is 2.49. The summed E-state index contributed by atoms with van der Waals surface area (Å²) in [6, 6.07) is 14.3. The van der Waals surface area contributed by atoms with Gasteiger partial charge in [-0.05, 0) is 44.3 Å². The summed E-state index contributed by atoms with van der Waals surface area (Å²) in [7, 11) is 3.88. The maximum Gasteiger partial charge on any atom is 0.237 e. The molecule has 3 heterocycles.